The van der Waals surface area contributed by atoms with Crippen LogP contribution in [0.2, 0.25) is 5.02 Å². The topological polar surface area (TPSA) is 145 Å². The Labute approximate surface area is 235 Å². The first-order valence-electron chi connectivity index (χ1n) is 10.6. The Morgan fingerprint density at radius 2 is 1.92 bits per heavy atom. The molecule has 0 aliphatic carbocycles. The van der Waals surface area contributed by atoms with Crippen molar-refractivity contribution in [2.45, 2.75) is 33.2 Å². The van der Waals surface area contributed by atoms with Crippen LogP contribution in [0, 0.1) is 0 Å². The molecule has 0 bridgehead atoms. The molecular formula is C22H21BrClN7O3S3. The van der Waals surface area contributed by atoms with Crippen molar-refractivity contribution in [3.8, 4) is 5.75 Å². The van der Waals surface area contributed by atoms with E-state index in [1.807, 2.05) is 12.1 Å². The molecule has 4 rings (SSSR count). The van der Waals surface area contributed by atoms with Gasteiger partial charge < -0.3 is 21.1 Å². The van der Waals surface area contributed by atoms with Gasteiger partial charge in [0.25, 0.3) is 0 Å². The predicted molar refractivity (Wildman–Crippen MR) is 152 cm³/mol. The zero-order valence-electron chi connectivity index (χ0n) is 19.7. The highest BCUT2D eigenvalue weighted by Gasteiger charge is 2.23. The summed E-state index contributed by atoms with van der Waals surface area (Å²) in [6.45, 7) is 3.26. The molecule has 194 valence electrons. The first-order valence-corrected chi connectivity index (χ1v) is 15.0. The number of nitrogens with two attached hydrogens (primary N) is 1. The van der Waals surface area contributed by atoms with E-state index >= 15 is 0 Å². The number of nitrogens with one attached hydrogen (secondary N) is 2. The van der Waals surface area contributed by atoms with Gasteiger partial charge in [-0.2, -0.15) is 4.98 Å². The van der Waals surface area contributed by atoms with E-state index in [4.69, 9.17) is 22.1 Å². The smallest absolute Gasteiger partial charge is 0.229 e. The van der Waals surface area contributed by atoms with Gasteiger partial charge in [0.1, 0.15) is 10.8 Å². The number of benzene rings is 2. The van der Waals surface area contributed by atoms with Gasteiger partial charge in [-0.25, -0.2) is 13.4 Å². The zero-order chi connectivity index (χ0) is 26.7. The van der Waals surface area contributed by atoms with E-state index in [2.05, 4.69) is 46.7 Å². The molecule has 0 radical (unpaired) electrons. The second-order valence-electron chi connectivity index (χ2n) is 7.72. The molecule has 4 aromatic rings. The SMILES string of the molecule is COc1cc(Sc2nnc(N)s2)c(Br)cc1Nc1ncc(Cl)c(Nc2ccccc2S(=O)(=O)C(C)C)n1. The monoisotopic (exact) mass is 641 g/mol. The van der Waals surface area contributed by atoms with Crippen LogP contribution < -0.4 is 21.1 Å². The highest BCUT2D eigenvalue weighted by Crippen LogP contribution is 2.41. The number of ether oxygens (including phenoxy) is 1. The average molecular weight is 643 g/mol. The zero-order valence-corrected chi connectivity index (χ0v) is 24.5. The van der Waals surface area contributed by atoms with Crippen molar-refractivity contribution in [1.82, 2.24) is 20.2 Å². The van der Waals surface area contributed by atoms with Crippen molar-refractivity contribution in [2.24, 2.45) is 0 Å². The molecule has 0 saturated carbocycles. The van der Waals surface area contributed by atoms with Crippen LogP contribution in [0.15, 0.2) is 61.2 Å². The third kappa shape index (κ3) is 6.26. The molecule has 0 amide bonds. The fourth-order valence-electron chi connectivity index (χ4n) is 3.07. The number of nitrogen functional groups attached to an aromatic ring is 1. The maximum atomic E-state index is 12.8. The van der Waals surface area contributed by atoms with Gasteiger partial charge in [-0.1, -0.05) is 46.8 Å². The molecule has 10 nitrogen and oxygen atoms in total. The van der Waals surface area contributed by atoms with Gasteiger partial charge in [-0.3, -0.25) is 0 Å². The largest absolute Gasteiger partial charge is 0.495 e. The summed E-state index contributed by atoms with van der Waals surface area (Å²) in [5.41, 5.74) is 6.63. The van der Waals surface area contributed by atoms with E-state index < -0.39 is 15.1 Å². The van der Waals surface area contributed by atoms with Gasteiger partial charge in [-0.05, 0) is 54.0 Å². The second-order valence-corrected chi connectivity index (χ2v) is 13.8. The van der Waals surface area contributed by atoms with Crippen LogP contribution in [0.25, 0.3) is 0 Å². The quantitative estimate of drug-likeness (QED) is 0.193. The third-order valence-electron chi connectivity index (χ3n) is 4.93. The minimum Gasteiger partial charge on any atom is -0.495 e. The van der Waals surface area contributed by atoms with E-state index in [1.165, 1.54) is 29.3 Å². The van der Waals surface area contributed by atoms with Crippen LogP contribution in [0.5, 0.6) is 5.75 Å². The van der Waals surface area contributed by atoms with E-state index in [0.717, 1.165) is 9.37 Å². The first kappa shape index (κ1) is 27.4. The number of nitrogens with zero attached hydrogens (tertiary/aromatic N) is 4. The number of hydrogen-bond acceptors (Lipinski definition) is 12. The van der Waals surface area contributed by atoms with Crippen LogP contribution in [0.3, 0.4) is 0 Å². The highest BCUT2D eigenvalue weighted by atomic mass is 79.9. The highest BCUT2D eigenvalue weighted by molar-refractivity contribution is 9.10. The minimum absolute atomic E-state index is 0.157. The molecule has 2 heterocycles. The lowest BCUT2D eigenvalue weighted by Crippen LogP contribution is -2.15. The van der Waals surface area contributed by atoms with Gasteiger partial charge in [0.05, 0.1) is 34.8 Å². The maximum absolute atomic E-state index is 12.8. The lowest BCUT2D eigenvalue weighted by molar-refractivity contribution is 0.415. The molecule has 0 unspecified atom stereocenters. The fraction of sp³-hybridized carbons (Fsp3) is 0.182. The van der Waals surface area contributed by atoms with E-state index in [-0.39, 0.29) is 21.7 Å². The van der Waals surface area contributed by atoms with Crippen molar-refractivity contribution >= 4 is 88.7 Å². The molecule has 0 aliphatic rings. The van der Waals surface area contributed by atoms with Crippen LogP contribution in [0.1, 0.15) is 13.8 Å². The summed E-state index contributed by atoms with van der Waals surface area (Å²) in [6, 6.07) is 10.2. The summed E-state index contributed by atoms with van der Waals surface area (Å²) in [6.07, 6.45) is 1.42. The van der Waals surface area contributed by atoms with Gasteiger partial charge in [-0.15, -0.1) is 10.2 Å². The van der Waals surface area contributed by atoms with E-state index in [9.17, 15) is 8.42 Å². The van der Waals surface area contributed by atoms with Gasteiger partial charge in [0.15, 0.2) is 20.0 Å². The predicted octanol–water partition coefficient (Wildman–Crippen LogP) is 6.16. The van der Waals surface area contributed by atoms with E-state index in [1.54, 1.807) is 45.2 Å². The lowest BCUT2D eigenvalue weighted by atomic mass is 10.3. The van der Waals surface area contributed by atoms with Crippen LogP contribution in [-0.4, -0.2) is 40.9 Å². The number of anilines is 5. The number of methoxy groups -OCH3 is 1. The number of rotatable bonds is 9. The summed E-state index contributed by atoms with van der Waals surface area (Å²) in [7, 11) is -1.99. The minimum atomic E-state index is -3.54. The molecule has 0 atom stereocenters. The Kier molecular flexibility index (Phi) is 8.43. The summed E-state index contributed by atoms with van der Waals surface area (Å²) in [4.78, 5) is 9.72. The van der Waals surface area contributed by atoms with Gasteiger partial charge in [0, 0.05) is 9.37 Å². The summed E-state index contributed by atoms with van der Waals surface area (Å²) >= 11 is 12.6. The summed E-state index contributed by atoms with van der Waals surface area (Å²) in [5.74, 6) is 0.993. The number of para-hydroxylation sites is 1. The molecule has 15 heteroatoms. The molecule has 0 aliphatic heterocycles. The fourth-order valence-corrected chi connectivity index (χ4v) is 6.62. The number of hydrogen-bond donors (Lipinski definition) is 3. The number of sulfone groups is 1. The van der Waals surface area contributed by atoms with E-state index in [0.29, 0.717) is 26.6 Å². The number of halogens is 2. The molecule has 2 aromatic carbocycles. The standard InChI is InChI=1S/C22H21BrClN7O3S3/c1-11(2)37(32,33)18-7-5-4-6-14(18)27-19-13(24)10-26-21(29-19)28-15-8-12(23)17(9-16(15)34-3)35-22-31-30-20(25)36-22/h4-11H,1-3H3,(H2,25,30)(H2,26,27,28,29). The summed E-state index contributed by atoms with van der Waals surface area (Å²) in [5, 5.41) is 14.0. The Bertz CT molecular complexity index is 1550. The molecular weight excluding hydrogens is 622 g/mol. The molecule has 2 aromatic heterocycles. The average Bonchev–Trinajstić information content (AvgIpc) is 3.27. The second kappa shape index (κ2) is 11.4. The van der Waals surface area contributed by atoms with Crippen LogP contribution in [-0.2, 0) is 9.84 Å². The molecule has 0 fully saturated rings. The first-order chi connectivity index (χ1) is 17.6. The molecule has 37 heavy (non-hydrogen) atoms. The Morgan fingerprint density at radius 3 is 2.59 bits per heavy atom. The maximum Gasteiger partial charge on any atom is 0.229 e. The van der Waals surface area contributed by atoms with Crippen LogP contribution >= 0.6 is 50.6 Å². The Balaban J connectivity index is 1.62. The van der Waals surface area contributed by atoms with Crippen molar-refractivity contribution in [3.05, 3.63) is 52.1 Å². The third-order valence-corrected chi connectivity index (χ3v) is 10.2. The Hall–Kier alpha value is -2.65. The Morgan fingerprint density at radius 1 is 1.16 bits per heavy atom. The van der Waals surface area contributed by atoms with Crippen molar-refractivity contribution in [1.29, 1.82) is 0 Å². The number of aromatic nitrogens is 4. The molecule has 0 saturated heterocycles. The van der Waals surface area contributed by atoms with Gasteiger partial charge >= 0.3 is 0 Å². The molecule has 4 N–H and O–H groups in total. The normalized spacial score (nSPS) is 11.5. The van der Waals surface area contributed by atoms with Crippen molar-refractivity contribution < 1.29 is 13.2 Å². The van der Waals surface area contributed by atoms with Crippen molar-refractivity contribution in [3.63, 3.8) is 0 Å². The van der Waals surface area contributed by atoms with Crippen LogP contribution in [0.4, 0.5) is 28.3 Å². The lowest BCUT2D eigenvalue weighted by Gasteiger charge is -2.16. The summed E-state index contributed by atoms with van der Waals surface area (Å²) < 4.78 is 32.7. The van der Waals surface area contributed by atoms with Crippen molar-refractivity contribution in [2.75, 3.05) is 23.5 Å². The molecule has 0 spiro atoms. The van der Waals surface area contributed by atoms with Gasteiger partial charge in [0.2, 0.25) is 11.1 Å².